The van der Waals surface area contributed by atoms with Gasteiger partial charge in [-0.2, -0.15) is 4.57 Å². The van der Waals surface area contributed by atoms with Gasteiger partial charge in [-0.15, -0.1) is 0 Å². The van der Waals surface area contributed by atoms with E-state index in [1.165, 1.54) is 56.4 Å². The number of ether oxygens (including phenoxy) is 2. The zero-order valence-corrected chi connectivity index (χ0v) is 16.0. The van der Waals surface area contributed by atoms with Gasteiger partial charge in [-0.3, -0.25) is 4.79 Å². The fourth-order valence-corrected chi connectivity index (χ4v) is 3.35. The average Bonchev–Trinajstić information content (AvgIpc) is 2.72. The maximum atomic E-state index is 12.5. The molecule has 1 aliphatic rings. The second-order valence-electron chi connectivity index (χ2n) is 6.71. The molecule has 7 heteroatoms. The molecular weight excluding hydrogens is 360 g/mol. The molecule has 1 N–H and O–H groups in total. The number of carbonyl (C=O) groups excluding carboxylic acids is 3. The minimum Gasteiger partial charge on any atom is -0.465 e. The highest BCUT2D eigenvalue weighted by atomic mass is 16.5. The number of anilines is 1. The van der Waals surface area contributed by atoms with Crippen LogP contribution < -0.4 is 9.88 Å². The Hall–Kier alpha value is -3.22. The van der Waals surface area contributed by atoms with Crippen molar-refractivity contribution in [2.45, 2.75) is 32.2 Å². The van der Waals surface area contributed by atoms with Crippen LogP contribution >= 0.6 is 0 Å². The summed E-state index contributed by atoms with van der Waals surface area (Å²) in [4.78, 5) is 36.2. The molecule has 146 valence electrons. The molecule has 0 radical (unpaired) electrons. The van der Waals surface area contributed by atoms with Gasteiger partial charge >= 0.3 is 11.9 Å². The van der Waals surface area contributed by atoms with Gasteiger partial charge in [0.15, 0.2) is 12.4 Å². The molecule has 1 amide bonds. The van der Waals surface area contributed by atoms with Crippen LogP contribution in [0.3, 0.4) is 0 Å². The number of esters is 2. The highest BCUT2D eigenvalue weighted by Crippen LogP contribution is 2.19. The van der Waals surface area contributed by atoms with Crippen molar-refractivity contribution in [1.82, 2.24) is 0 Å². The molecule has 3 rings (SSSR count). The number of benzene rings is 1. The van der Waals surface area contributed by atoms with Crippen molar-refractivity contribution in [1.29, 1.82) is 0 Å². The number of methoxy groups -OCH3 is 2. The standard InChI is InChI=1S/C21H22N2O5/c1-27-20(25)16-9-17(21(26)28-2)11-18(10-16)22-19(24)13-23-8-7-14-5-3-4-6-15(14)12-23/h7-12H,3-6,13H2,1-2H3/p+1. The molecule has 28 heavy (non-hydrogen) atoms. The molecule has 0 fully saturated rings. The second kappa shape index (κ2) is 8.65. The van der Waals surface area contributed by atoms with Gasteiger partial charge in [-0.05, 0) is 49.4 Å². The Morgan fingerprint density at radius 1 is 0.964 bits per heavy atom. The summed E-state index contributed by atoms with van der Waals surface area (Å²) in [6.45, 7) is 0.128. The molecule has 1 aromatic carbocycles. The molecule has 0 saturated heterocycles. The Morgan fingerprint density at radius 3 is 2.18 bits per heavy atom. The lowest BCUT2D eigenvalue weighted by atomic mass is 9.93. The van der Waals surface area contributed by atoms with Crippen LogP contribution in [0.25, 0.3) is 0 Å². The zero-order valence-electron chi connectivity index (χ0n) is 16.0. The summed E-state index contributed by atoms with van der Waals surface area (Å²) in [5, 5.41) is 2.73. The Morgan fingerprint density at radius 2 is 1.57 bits per heavy atom. The van der Waals surface area contributed by atoms with E-state index in [1.54, 1.807) is 0 Å². The lowest BCUT2D eigenvalue weighted by molar-refractivity contribution is -0.684. The molecule has 0 unspecified atom stereocenters. The van der Waals surface area contributed by atoms with Gasteiger partial charge in [0.1, 0.15) is 0 Å². The first-order valence-corrected chi connectivity index (χ1v) is 9.12. The molecule has 0 aliphatic heterocycles. The van der Waals surface area contributed by atoms with Crippen LogP contribution in [-0.4, -0.2) is 32.1 Å². The Bertz CT molecular complexity index is 889. The number of aryl methyl sites for hydroxylation is 2. The number of rotatable bonds is 5. The van der Waals surface area contributed by atoms with E-state index < -0.39 is 11.9 Å². The summed E-state index contributed by atoms with van der Waals surface area (Å²) in [7, 11) is 2.50. The third-order valence-electron chi connectivity index (χ3n) is 4.73. The van der Waals surface area contributed by atoms with E-state index in [9.17, 15) is 14.4 Å². The molecule has 7 nitrogen and oxygen atoms in total. The summed E-state index contributed by atoms with van der Waals surface area (Å²) in [5.41, 5.74) is 3.26. The van der Waals surface area contributed by atoms with Gasteiger partial charge in [0, 0.05) is 17.3 Å². The first-order valence-electron chi connectivity index (χ1n) is 9.12. The summed E-state index contributed by atoms with van der Waals surface area (Å²) in [6, 6.07) is 6.36. The van der Waals surface area contributed by atoms with Crippen LogP contribution in [-0.2, 0) is 33.7 Å². The number of pyridine rings is 1. The van der Waals surface area contributed by atoms with Gasteiger partial charge < -0.3 is 14.8 Å². The van der Waals surface area contributed by atoms with Crippen molar-refractivity contribution in [2.75, 3.05) is 19.5 Å². The van der Waals surface area contributed by atoms with Gasteiger partial charge in [0.05, 0.1) is 25.3 Å². The number of amides is 1. The SMILES string of the molecule is COC(=O)c1cc(NC(=O)C[n+]2ccc3c(c2)CCCC3)cc(C(=O)OC)c1. The second-order valence-corrected chi connectivity index (χ2v) is 6.71. The van der Waals surface area contributed by atoms with E-state index in [0.717, 1.165) is 12.8 Å². The molecule has 1 heterocycles. The van der Waals surface area contributed by atoms with Crippen LogP contribution in [0.4, 0.5) is 5.69 Å². The zero-order chi connectivity index (χ0) is 20.1. The normalized spacial score (nSPS) is 12.6. The fourth-order valence-electron chi connectivity index (χ4n) is 3.35. The minimum absolute atomic E-state index is 0.128. The van der Waals surface area contributed by atoms with Crippen molar-refractivity contribution >= 4 is 23.5 Å². The van der Waals surface area contributed by atoms with Gasteiger partial charge in [0.2, 0.25) is 6.54 Å². The van der Waals surface area contributed by atoms with Crippen molar-refractivity contribution < 1.29 is 28.4 Å². The number of nitrogens with one attached hydrogen (secondary N) is 1. The minimum atomic E-state index is -0.606. The van der Waals surface area contributed by atoms with E-state index in [2.05, 4.69) is 11.4 Å². The number of carbonyl (C=O) groups is 3. The van der Waals surface area contributed by atoms with Gasteiger partial charge in [0.25, 0.3) is 5.91 Å². The number of nitrogens with zero attached hydrogens (tertiary/aromatic N) is 1. The van der Waals surface area contributed by atoms with E-state index in [4.69, 9.17) is 9.47 Å². The summed E-state index contributed by atoms with van der Waals surface area (Å²) >= 11 is 0. The molecule has 2 aromatic rings. The molecule has 0 bridgehead atoms. The highest BCUT2D eigenvalue weighted by molar-refractivity contribution is 5.99. The predicted octanol–water partition coefficient (Wildman–Crippen LogP) is 2.06. The van der Waals surface area contributed by atoms with Gasteiger partial charge in [-0.25, -0.2) is 9.59 Å². The van der Waals surface area contributed by atoms with E-state index in [-0.39, 0.29) is 23.6 Å². The van der Waals surface area contributed by atoms with Crippen molar-refractivity contribution in [3.8, 4) is 0 Å². The lowest BCUT2D eigenvalue weighted by Crippen LogP contribution is -2.40. The Balaban J connectivity index is 1.77. The number of fused-ring (bicyclic) bond motifs is 1. The molecular formula is C21H23N2O5+. The van der Waals surface area contributed by atoms with E-state index >= 15 is 0 Å². The summed E-state index contributed by atoms with van der Waals surface area (Å²) < 4.78 is 11.2. The first-order chi connectivity index (χ1) is 13.5. The third kappa shape index (κ3) is 4.54. The third-order valence-corrected chi connectivity index (χ3v) is 4.73. The first kappa shape index (κ1) is 19.5. The molecule has 0 spiro atoms. The van der Waals surface area contributed by atoms with Crippen LogP contribution in [0.15, 0.2) is 36.7 Å². The predicted molar refractivity (Wildman–Crippen MR) is 101 cm³/mol. The fraction of sp³-hybridized carbons (Fsp3) is 0.333. The number of hydrogen-bond donors (Lipinski definition) is 1. The van der Waals surface area contributed by atoms with E-state index in [0.29, 0.717) is 5.69 Å². The van der Waals surface area contributed by atoms with Crippen LogP contribution in [0.5, 0.6) is 0 Å². The largest absolute Gasteiger partial charge is 0.465 e. The van der Waals surface area contributed by atoms with Crippen LogP contribution in [0, 0.1) is 0 Å². The monoisotopic (exact) mass is 383 g/mol. The molecule has 0 saturated carbocycles. The summed E-state index contributed by atoms with van der Waals surface area (Å²) in [5.74, 6) is -1.48. The maximum Gasteiger partial charge on any atom is 0.337 e. The Labute approximate surface area is 163 Å². The van der Waals surface area contributed by atoms with E-state index in [1.807, 2.05) is 17.0 Å². The van der Waals surface area contributed by atoms with Crippen molar-refractivity contribution in [3.05, 3.63) is 58.9 Å². The topological polar surface area (TPSA) is 85.6 Å². The smallest absolute Gasteiger partial charge is 0.337 e. The van der Waals surface area contributed by atoms with Crippen molar-refractivity contribution in [3.63, 3.8) is 0 Å². The maximum absolute atomic E-state index is 12.5. The number of aromatic nitrogens is 1. The highest BCUT2D eigenvalue weighted by Gasteiger charge is 2.18. The molecule has 1 aromatic heterocycles. The molecule has 0 atom stereocenters. The number of hydrogen-bond acceptors (Lipinski definition) is 5. The quantitative estimate of drug-likeness (QED) is 0.631. The van der Waals surface area contributed by atoms with Crippen LogP contribution in [0.2, 0.25) is 0 Å². The van der Waals surface area contributed by atoms with Gasteiger partial charge in [-0.1, -0.05) is 0 Å². The molecule has 1 aliphatic carbocycles. The van der Waals surface area contributed by atoms with Crippen LogP contribution in [0.1, 0.15) is 44.7 Å². The summed E-state index contributed by atoms with van der Waals surface area (Å²) in [6.07, 6.45) is 8.39. The van der Waals surface area contributed by atoms with Crippen molar-refractivity contribution in [2.24, 2.45) is 0 Å². The lowest BCUT2D eigenvalue weighted by Gasteiger charge is -2.13. The average molecular weight is 383 g/mol. The Kier molecular flexibility index (Phi) is 6.03.